The van der Waals surface area contributed by atoms with E-state index in [1.165, 1.54) is 16.7 Å². The van der Waals surface area contributed by atoms with Crippen LogP contribution in [0.2, 0.25) is 5.02 Å². The minimum absolute atomic E-state index is 0.0828. The largest absolute Gasteiger partial charge is 0.393 e. The molecule has 2 heterocycles. The number of hydrogen-bond acceptors (Lipinski definition) is 6. The number of aromatic nitrogens is 2. The molecule has 10 heteroatoms. The van der Waals surface area contributed by atoms with E-state index in [1.54, 1.807) is 25.5 Å². The van der Waals surface area contributed by atoms with Crippen LogP contribution in [0.4, 0.5) is 15.9 Å². The van der Waals surface area contributed by atoms with E-state index >= 15 is 0 Å². The highest BCUT2D eigenvalue weighted by Gasteiger charge is 2.34. The summed E-state index contributed by atoms with van der Waals surface area (Å²) >= 11 is 6.30. The Bertz CT molecular complexity index is 1290. The van der Waals surface area contributed by atoms with Gasteiger partial charge in [0.15, 0.2) is 17.9 Å². The highest BCUT2D eigenvalue weighted by Crippen LogP contribution is 2.34. The summed E-state index contributed by atoms with van der Waals surface area (Å²) in [4.78, 5) is 31.7. The summed E-state index contributed by atoms with van der Waals surface area (Å²) in [6.45, 7) is 6.81. The third-order valence-corrected chi connectivity index (χ3v) is 6.76. The molecule has 1 fully saturated rings. The van der Waals surface area contributed by atoms with E-state index in [9.17, 15) is 14.0 Å². The molecule has 0 aliphatic carbocycles. The van der Waals surface area contributed by atoms with Gasteiger partial charge in [0.2, 0.25) is 5.91 Å². The van der Waals surface area contributed by atoms with Crippen LogP contribution >= 0.6 is 11.6 Å². The predicted octanol–water partition coefficient (Wildman–Crippen LogP) is 4.26. The van der Waals surface area contributed by atoms with E-state index in [2.05, 4.69) is 20.9 Å². The van der Waals surface area contributed by atoms with Crippen molar-refractivity contribution in [2.45, 2.75) is 19.3 Å². The SMILES string of the molecule is CN/C=C\n1c(-c2c(F)cccc2Cl)nc(Nc2ccc(C(C)(C)C(=O)N3CCNCC3)cc2)c1C=O. The number of rotatable bonds is 8. The first-order chi connectivity index (χ1) is 17.8. The van der Waals surface area contributed by atoms with Gasteiger partial charge in [-0.2, -0.15) is 0 Å². The van der Waals surface area contributed by atoms with Crippen molar-refractivity contribution < 1.29 is 14.0 Å². The average Bonchev–Trinajstić information content (AvgIpc) is 3.23. The Labute approximate surface area is 220 Å². The molecule has 1 aliphatic heterocycles. The van der Waals surface area contributed by atoms with Gasteiger partial charge in [-0.05, 0) is 43.7 Å². The third-order valence-electron chi connectivity index (χ3n) is 6.44. The quantitative estimate of drug-likeness (QED) is 0.381. The molecule has 37 heavy (non-hydrogen) atoms. The summed E-state index contributed by atoms with van der Waals surface area (Å²) in [7, 11) is 1.71. The van der Waals surface area contributed by atoms with Gasteiger partial charge in [-0.15, -0.1) is 0 Å². The lowest BCUT2D eigenvalue weighted by atomic mass is 9.83. The fourth-order valence-corrected chi connectivity index (χ4v) is 4.58. The maximum absolute atomic E-state index is 14.7. The molecule has 3 aromatic rings. The number of anilines is 2. The third kappa shape index (κ3) is 5.38. The molecule has 1 amide bonds. The van der Waals surface area contributed by atoms with Crippen LogP contribution in [0.3, 0.4) is 0 Å². The van der Waals surface area contributed by atoms with Gasteiger partial charge in [0.1, 0.15) is 11.5 Å². The van der Waals surface area contributed by atoms with Gasteiger partial charge in [0.05, 0.1) is 16.0 Å². The number of carbonyl (C=O) groups is 2. The molecule has 194 valence electrons. The topological polar surface area (TPSA) is 91.3 Å². The number of piperazine rings is 1. The number of imidazole rings is 1. The number of carbonyl (C=O) groups excluding carboxylic acids is 2. The van der Waals surface area contributed by atoms with Crippen LogP contribution in [0.1, 0.15) is 29.9 Å². The van der Waals surface area contributed by atoms with Crippen molar-refractivity contribution in [2.75, 3.05) is 38.5 Å². The van der Waals surface area contributed by atoms with E-state index in [0.717, 1.165) is 18.7 Å². The van der Waals surface area contributed by atoms with Crippen molar-refractivity contribution in [1.82, 2.24) is 25.1 Å². The first kappa shape index (κ1) is 26.4. The van der Waals surface area contributed by atoms with Crippen LogP contribution in [-0.2, 0) is 10.2 Å². The van der Waals surface area contributed by atoms with Gasteiger partial charge in [-0.3, -0.25) is 14.2 Å². The lowest BCUT2D eigenvalue weighted by Crippen LogP contribution is -2.51. The standard InChI is InChI=1S/C27H30ClFN6O2/c1-27(2,26(37)34-14-12-31-13-15-34)18-7-9-19(10-8-18)32-24-22(17-36)35(16-11-30-3)25(33-24)23-20(28)5-4-6-21(23)29/h4-11,16-17,30-32H,12-15H2,1-3H3/b16-11-. The number of nitrogens with zero attached hydrogens (tertiary/aromatic N) is 3. The van der Waals surface area contributed by atoms with Crippen molar-refractivity contribution >= 4 is 41.5 Å². The molecule has 3 N–H and O–H groups in total. The molecular formula is C27H30ClFN6O2. The van der Waals surface area contributed by atoms with Crippen LogP contribution in [0, 0.1) is 5.82 Å². The van der Waals surface area contributed by atoms with Gasteiger partial charge in [-0.25, -0.2) is 9.37 Å². The average molecular weight is 525 g/mol. The molecule has 4 rings (SSSR count). The van der Waals surface area contributed by atoms with Crippen LogP contribution in [-0.4, -0.2) is 59.9 Å². The summed E-state index contributed by atoms with van der Waals surface area (Å²) in [6.07, 6.45) is 3.83. The molecule has 1 aromatic heterocycles. The molecule has 8 nitrogen and oxygen atoms in total. The lowest BCUT2D eigenvalue weighted by Gasteiger charge is -2.35. The Balaban J connectivity index is 1.66. The summed E-state index contributed by atoms with van der Waals surface area (Å²) < 4.78 is 16.2. The van der Waals surface area contributed by atoms with Crippen LogP contribution in [0.15, 0.2) is 48.7 Å². The molecule has 2 aromatic carbocycles. The van der Waals surface area contributed by atoms with Gasteiger partial charge in [0, 0.05) is 51.3 Å². The molecule has 0 saturated carbocycles. The minimum atomic E-state index is -0.696. The van der Waals surface area contributed by atoms with Gasteiger partial charge in [-0.1, -0.05) is 29.8 Å². The molecule has 0 unspecified atom stereocenters. The summed E-state index contributed by atoms with van der Waals surface area (Å²) in [5.41, 5.74) is 1.12. The zero-order valence-electron chi connectivity index (χ0n) is 21.0. The number of benzene rings is 2. The number of amides is 1. The smallest absolute Gasteiger partial charge is 0.232 e. The van der Waals surface area contributed by atoms with Crippen molar-refractivity contribution in [3.8, 4) is 11.4 Å². The molecule has 0 spiro atoms. The monoisotopic (exact) mass is 524 g/mol. The maximum Gasteiger partial charge on any atom is 0.232 e. The summed E-state index contributed by atoms with van der Waals surface area (Å²) in [6, 6.07) is 11.8. The Kier molecular flexibility index (Phi) is 7.94. The highest BCUT2D eigenvalue weighted by molar-refractivity contribution is 6.33. The summed E-state index contributed by atoms with van der Waals surface area (Å²) in [5, 5.41) is 9.45. The molecule has 0 bridgehead atoms. The molecule has 0 atom stereocenters. The Morgan fingerprint density at radius 3 is 2.49 bits per heavy atom. The van der Waals surface area contributed by atoms with E-state index in [0.29, 0.717) is 25.1 Å². The lowest BCUT2D eigenvalue weighted by molar-refractivity contribution is -0.136. The van der Waals surface area contributed by atoms with E-state index < -0.39 is 11.2 Å². The highest BCUT2D eigenvalue weighted by atomic mass is 35.5. The molecular weight excluding hydrogens is 495 g/mol. The Hall–Kier alpha value is -3.69. The second kappa shape index (κ2) is 11.1. The van der Waals surface area contributed by atoms with Gasteiger partial charge >= 0.3 is 0 Å². The van der Waals surface area contributed by atoms with Crippen molar-refractivity contribution in [3.05, 3.63) is 70.8 Å². The minimum Gasteiger partial charge on any atom is -0.393 e. The predicted molar refractivity (Wildman–Crippen MR) is 145 cm³/mol. The fraction of sp³-hybridized carbons (Fsp3) is 0.296. The first-order valence-corrected chi connectivity index (χ1v) is 12.4. The van der Waals surface area contributed by atoms with E-state index in [4.69, 9.17) is 11.6 Å². The van der Waals surface area contributed by atoms with Crippen LogP contribution in [0.5, 0.6) is 0 Å². The zero-order chi connectivity index (χ0) is 26.6. The first-order valence-electron chi connectivity index (χ1n) is 12.0. The normalized spacial score (nSPS) is 14.1. The van der Waals surface area contributed by atoms with Crippen molar-refractivity contribution in [3.63, 3.8) is 0 Å². The molecule has 1 aliphatic rings. The van der Waals surface area contributed by atoms with Gasteiger partial charge < -0.3 is 20.9 Å². The van der Waals surface area contributed by atoms with Crippen molar-refractivity contribution in [2.24, 2.45) is 0 Å². The van der Waals surface area contributed by atoms with E-state index in [-0.39, 0.29) is 33.8 Å². The number of halogens is 2. The van der Waals surface area contributed by atoms with Crippen molar-refractivity contribution in [1.29, 1.82) is 0 Å². The Morgan fingerprint density at radius 1 is 1.16 bits per heavy atom. The molecule has 1 saturated heterocycles. The van der Waals surface area contributed by atoms with Gasteiger partial charge in [0.25, 0.3) is 0 Å². The van der Waals surface area contributed by atoms with Crippen LogP contribution in [0.25, 0.3) is 17.6 Å². The number of nitrogens with one attached hydrogen (secondary N) is 3. The number of hydrogen-bond donors (Lipinski definition) is 3. The second-order valence-corrected chi connectivity index (χ2v) is 9.63. The van der Waals surface area contributed by atoms with Crippen LogP contribution < -0.4 is 16.0 Å². The Morgan fingerprint density at radius 2 is 1.86 bits per heavy atom. The van der Waals surface area contributed by atoms with E-state index in [1.807, 2.05) is 43.0 Å². The fourth-order valence-electron chi connectivity index (χ4n) is 4.33. The second-order valence-electron chi connectivity index (χ2n) is 9.23. The zero-order valence-corrected chi connectivity index (χ0v) is 21.8. The summed E-state index contributed by atoms with van der Waals surface area (Å²) in [5.74, 6) is -0.0479. The number of aldehydes is 1. The molecule has 0 radical (unpaired) electrons. The maximum atomic E-state index is 14.7.